The van der Waals surface area contributed by atoms with E-state index in [1.165, 1.54) is 6.07 Å². The second-order valence-electron chi connectivity index (χ2n) is 6.59. The number of aromatic nitrogens is 2. The molecule has 156 valence electrons. The van der Waals surface area contributed by atoms with E-state index in [0.717, 1.165) is 22.7 Å². The molecule has 4 rings (SSSR count). The first-order valence-electron chi connectivity index (χ1n) is 9.57. The van der Waals surface area contributed by atoms with Gasteiger partial charge in [-0.2, -0.15) is 0 Å². The number of para-hydroxylation sites is 2. The van der Waals surface area contributed by atoms with Crippen LogP contribution in [0.2, 0.25) is 5.02 Å². The van der Waals surface area contributed by atoms with Gasteiger partial charge in [-0.3, -0.25) is 14.6 Å². The van der Waals surface area contributed by atoms with Crippen LogP contribution in [0.15, 0.2) is 119 Å². The fourth-order valence-corrected chi connectivity index (χ4v) is 2.64. The smallest absolute Gasteiger partial charge is 0.264 e. The predicted molar refractivity (Wildman–Crippen MR) is 127 cm³/mol. The average molecular weight is 432 g/mol. The van der Waals surface area contributed by atoms with Crippen LogP contribution in [0.1, 0.15) is 6.92 Å². The standard InChI is InChI=1S/C16H15NO.C9H7ClN2O/c1-13(2)16(17-14-9-5-3-6-10-14)18-15-11-7-4-8-12-15;10-7-1-3-8(4-2-7)12-6-5-9(13)11-12/h3-12H,1H2,2H3;1-6H,(H,11,13). The van der Waals surface area contributed by atoms with Gasteiger partial charge in [-0.15, -0.1) is 0 Å². The summed E-state index contributed by atoms with van der Waals surface area (Å²) in [6.07, 6.45) is 1.67. The second kappa shape index (κ2) is 10.8. The molecule has 5 nitrogen and oxygen atoms in total. The lowest BCUT2D eigenvalue weighted by Gasteiger charge is -2.08. The summed E-state index contributed by atoms with van der Waals surface area (Å²) in [5.41, 5.74) is 2.41. The average Bonchev–Trinajstić information content (AvgIpc) is 3.22. The highest BCUT2D eigenvalue weighted by atomic mass is 35.5. The van der Waals surface area contributed by atoms with E-state index in [1.807, 2.05) is 79.7 Å². The summed E-state index contributed by atoms with van der Waals surface area (Å²) < 4.78 is 7.37. The van der Waals surface area contributed by atoms with Gasteiger partial charge in [-0.1, -0.05) is 54.6 Å². The minimum atomic E-state index is -0.116. The van der Waals surface area contributed by atoms with Crippen molar-refractivity contribution in [2.75, 3.05) is 0 Å². The molecular weight excluding hydrogens is 410 g/mol. The molecular formula is C25H22ClN3O2. The number of hydrogen-bond donors (Lipinski definition) is 1. The van der Waals surface area contributed by atoms with Crippen molar-refractivity contribution in [3.8, 4) is 11.4 Å². The molecule has 0 spiro atoms. The quantitative estimate of drug-likeness (QED) is 0.309. The van der Waals surface area contributed by atoms with Gasteiger partial charge in [0.1, 0.15) is 5.75 Å². The minimum absolute atomic E-state index is 0.116. The minimum Gasteiger partial charge on any atom is -0.439 e. The van der Waals surface area contributed by atoms with Crippen LogP contribution in [0.5, 0.6) is 5.75 Å². The van der Waals surface area contributed by atoms with Crippen LogP contribution in [0, 0.1) is 0 Å². The van der Waals surface area contributed by atoms with Gasteiger partial charge in [0.2, 0.25) is 5.90 Å². The number of aromatic amines is 1. The molecule has 31 heavy (non-hydrogen) atoms. The van der Waals surface area contributed by atoms with Gasteiger partial charge in [0.25, 0.3) is 5.56 Å². The molecule has 0 aliphatic carbocycles. The Balaban J connectivity index is 0.000000185. The SMILES string of the molecule is C=C(C)C(=Nc1ccccc1)Oc1ccccc1.O=c1ccn(-c2ccc(Cl)cc2)[nH]1. The molecule has 0 aliphatic heterocycles. The third kappa shape index (κ3) is 6.87. The van der Waals surface area contributed by atoms with E-state index in [1.54, 1.807) is 23.0 Å². The molecule has 0 saturated carbocycles. The Bertz CT molecular complexity index is 1190. The van der Waals surface area contributed by atoms with E-state index in [4.69, 9.17) is 16.3 Å². The first-order valence-corrected chi connectivity index (χ1v) is 9.95. The molecule has 4 aromatic rings. The van der Waals surface area contributed by atoms with Crippen LogP contribution in [-0.4, -0.2) is 15.7 Å². The predicted octanol–water partition coefficient (Wildman–Crippen LogP) is 6.19. The first-order chi connectivity index (χ1) is 15.0. The van der Waals surface area contributed by atoms with Crippen molar-refractivity contribution in [1.29, 1.82) is 0 Å². The molecule has 0 amide bonds. The van der Waals surface area contributed by atoms with Crippen molar-refractivity contribution in [2.45, 2.75) is 6.92 Å². The van der Waals surface area contributed by atoms with Crippen LogP contribution >= 0.6 is 11.6 Å². The van der Waals surface area contributed by atoms with E-state index < -0.39 is 0 Å². The third-order valence-electron chi connectivity index (χ3n) is 4.02. The van der Waals surface area contributed by atoms with E-state index in [-0.39, 0.29) is 5.56 Å². The Labute approximate surface area is 185 Å². The zero-order valence-electron chi connectivity index (χ0n) is 17.0. The molecule has 0 atom stereocenters. The maximum absolute atomic E-state index is 10.8. The molecule has 1 heterocycles. The van der Waals surface area contributed by atoms with Gasteiger partial charge in [-0.05, 0) is 55.5 Å². The summed E-state index contributed by atoms with van der Waals surface area (Å²) >= 11 is 5.72. The summed E-state index contributed by atoms with van der Waals surface area (Å²) in [5, 5.41) is 3.31. The first kappa shape index (κ1) is 21.9. The van der Waals surface area contributed by atoms with Crippen molar-refractivity contribution >= 4 is 23.2 Å². The van der Waals surface area contributed by atoms with Gasteiger partial charge in [0, 0.05) is 22.9 Å². The Morgan fingerprint density at radius 1 is 0.935 bits per heavy atom. The molecule has 0 fully saturated rings. The van der Waals surface area contributed by atoms with E-state index in [2.05, 4.69) is 16.7 Å². The number of nitrogens with zero attached hydrogens (tertiary/aromatic N) is 2. The molecule has 0 aliphatic rings. The van der Waals surface area contributed by atoms with Crippen molar-refractivity contribution in [3.05, 3.63) is 125 Å². The topological polar surface area (TPSA) is 59.4 Å². The maximum Gasteiger partial charge on any atom is 0.264 e. The molecule has 3 aromatic carbocycles. The normalized spacial score (nSPS) is 10.7. The Kier molecular flexibility index (Phi) is 7.62. The van der Waals surface area contributed by atoms with Crippen LogP contribution in [-0.2, 0) is 0 Å². The Hall–Kier alpha value is -3.83. The summed E-state index contributed by atoms with van der Waals surface area (Å²) in [6.45, 7) is 5.77. The highest BCUT2D eigenvalue weighted by Crippen LogP contribution is 2.16. The monoisotopic (exact) mass is 431 g/mol. The van der Waals surface area contributed by atoms with Crippen LogP contribution < -0.4 is 10.3 Å². The number of ether oxygens (including phenoxy) is 1. The number of hydrogen-bond acceptors (Lipinski definition) is 3. The molecule has 0 radical (unpaired) electrons. The number of nitrogens with one attached hydrogen (secondary N) is 1. The summed E-state index contributed by atoms with van der Waals surface area (Å²) in [7, 11) is 0. The van der Waals surface area contributed by atoms with Crippen molar-refractivity contribution < 1.29 is 4.74 Å². The molecule has 6 heteroatoms. The van der Waals surface area contributed by atoms with Gasteiger partial charge in [0.05, 0.1) is 11.4 Å². The van der Waals surface area contributed by atoms with Gasteiger partial charge in [0.15, 0.2) is 0 Å². The highest BCUT2D eigenvalue weighted by Gasteiger charge is 2.04. The molecule has 0 bridgehead atoms. The zero-order valence-corrected chi connectivity index (χ0v) is 17.8. The van der Waals surface area contributed by atoms with Gasteiger partial charge in [-0.25, -0.2) is 4.99 Å². The largest absolute Gasteiger partial charge is 0.439 e. The number of benzene rings is 3. The van der Waals surface area contributed by atoms with E-state index in [9.17, 15) is 4.79 Å². The third-order valence-corrected chi connectivity index (χ3v) is 4.27. The molecule has 0 saturated heterocycles. The van der Waals surface area contributed by atoms with Gasteiger partial charge < -0.3 is 4.74 Å². The van der Waals surface area contributed by atoms with Crippen molar-refractivity contribution in [2.24, 2.45) is 4.99 Å². The Morgan fingerprint density at radius 3 is 2.10 bits per heavy atom. The number of aliphatic imine (C=N–C) groups is 1. The number of H-pyrrole nitrogens is 1. The van der Waals surface area contributed by atoms with E-state index in [0.29, 0.717) is 10.9 Å². The van der Waals surface area contributed by atoms with Crippen LogP contribution in [0.25, 0.3) is 5.69 Å². The molecule has 1 N–H and O–H groups in total. The zero-order chi connectivity index (χ0) is 22.1. The van der Waals surface area contributed by atoms with E-state index >= 15 is 0 Å². The molecule has 0 unspecified atom stereocenters. The number of rotatable bonds is 4. The van der Waals surface area contributed by atoms with Crippen molar-refractivity contribution in [1.82, 2.24) is 9.78 Å². The van der Waals surface area contributed by atoms with Crippen molar-refractivity contribution in [3.63, 3.8) is 0 Å². The highest BCUT2D eigenvalue weighted by molar-refractivity contribution is 6.30. The lowest BCUT2D eigenvalue weighted by atomic mass is 10.3. The number of halogens is 1. The maximum atomic E-state index is 10.8. The second-order valence-corrected chi connectivity index (χ2v) is 7.02. The lowest BCUT2D eigenvalue weighted by molar-refractivity contribution is 0.551. The molecule has 1 aromatic heterocycles. The lowest BCUT2D eigenvalue weighted by Crippen LogP contribution is -2.08. The fourth-order valence-electron chi connectivity index (χ4n) is 2.51. The Morgan fingerprint density at radius 2 is 1.55 bits per heavy atom. The van der Waals surface area contributed by atoms with Crippen LogP contribution in [0.3, 0.4) is 0 Å². The summed E-state index contributed by atoms with van der Waals surface area (Å²) in [5.74, 6) is 1.29. The van der Waals surface area contributed by atoms with Gasteiger partial charge >= 0.3 is 0 Å². The summed E-state index contributed by atoms with van der Waals surface area (Å²) in [6, 6.07) is 28.0. The van der Waals surface area contributed by atoms with Crippen LogP contribution in [0.4, 0.5) is 5.69 Å². The fraction of sp³-hybridized carbons (Fsp3) is 0.0400. The summed E-state index contributed by atoms with van der Waals surface area (Å²) in [4.78, 5) is 15.3.